The second-order valence-corrected chi connectivity index (χ2v) is 7.68. The van der Waals surface area contributed by atoms with Crippen LogP contribution in [0.3, 0.4) is 0 Å². The maximum atomic E-state index is 12.4. The Kier molecular flexibility index (Phi) is 4.07. The molecule has 126 valence electrons. The van der Waals surface area contributed by atoms with E-state index in [0.717, 1.165) is 25.0 Å². The molecule has 2 heteroatoms. The fourth-order valence-corrected chi connectivity index (χ4v) is 4.90. The molecule has 1 aromatic rings. The predicted molar refractivity (Wildman–Crippen MR) is 97.4 cm³/mol. The molecule has 0 bridgehead atoms. The van der Waals surface area contributed by atoms with Gasteiger partial charge < -0.3 is 4.90 Å². The molecule has 0 radical (unpaired) electrons. The van der Waals surface area contributed by atoms with Crippen molar-refractivity contribution in [2.24, 2.45) is 5.92 Å². The van der Waals surface area contributed by atoms with Gasteiger partial charge in [-0.2, -0.15) is 0 Å². The SMILES string of the molecule is C[C@@H]1CCCC[C@]12C=CC1=C(CCCC1=O)N2Cc1ccccc1. The summed E-state index contributed by atoms with van der Waals surface area (Å²) in [7, 11) is 0. The zero-order valence-electron chi connectivity index (χ0n) is 14.6. The number of nitrogens with zero attached hydrogens (tertiary/aromatic N) is 1. The van der Waals surface area contributed by atoms with Gasteiger partial charge in [-0.3, -0.25) is 4.79 Å². The average molecular weight is 321 g/mol. The predicted octanol–water partition coefficient (Wildman–Crippen LogP) is 5.01. The van der Waals surface area contributed by atoms with E-state index in [1.807, 2.05) is 0 Å². The standard InChI is InChI=1S/C22H27NO/c1-17-8-5-6-14-22(17)15-13-19-20(11-7-12-21(19)24)23(22)16-18-9-3-2-4-10-18/h2-4,9-10,13,15,17H,5-8,11-12,14,16H2,1H3/t17-,22+/m1/s1. The second kappa shape index (κ2) is 6.23. The second-order valence-electron chi connectivity index (χ2n) is 7.68. The molecule has 1 saturated carbocycles. The molecule has 1 aliphatic heterocycles. The van der Waals surface area contributed by atoms with E-state index in [9.17, 15) is 4.79 Å². The van der Waals surface area contributed by atoms with Gasteiger partial charge in [-0.1, -0.05) is 62.2 Å². The summed E-state index contributed by atoms with van der Waals surface area (Å²) in [6.45, 7) is 3.32. The monoisotopic (exact) mass is 321 g/mol. The van der Waals surface area contributed by atoms with E-state index >= 15 is 0 Å². The van der Waals surface area contributed by atoms with Crippen molar-refractivity contribution in [3.63, 3.8) is 0 Å². The van der Waals surface area contributed by atoms with Crippen LogP contribution >= 0.6 is 0 Å². The molecule has 2 nitrogen and oxygen atoms in total. The Labute approximate surface area is 145 Å². The molecule has 1 spiro atoms. The number of hydrogen-bond acceptors (Lipinski definition) is 2. The lowest BCUT2D eigenvalue weighted by molar-refractivity contribution is -0.116. The number of rotatable bonds is 2. The third-order valence-corrected chi connectivity index (χ3v) is 6.30. The van der Waals surface area contributed by atoms with Crippen molar-refractivity contribution >= 4 is 5.78 Å². The summed E-state index contributed by atoms with van der Waals surface area (Å²) in [5.41, 5.74) is 3.74. The Morgan fingerprint density at radius 3 is 2.75 bits per heavy atom. The molecule has 2 atom stereocenters. The largest absolute Gasteiger partial charge is 0.360 e. The van der Waals surface area contributed by atoms with Gasteiger partial charge in [0.1, 0.15) is 0 Å². The van der Waals surface area contributed by atoms with Crippen molar-refractivity contribution in [2.75, 3.05) is 0 Å². The summed E-state index contributed by atoms with van der Waals surface area (Å²) in [5, 5.41) is 0. The number of Topliss-reactive ketones (excluding diaryl/α,β-unsaturated/α-hetero) is 1. The van der Waals surface area contributed by atoms with Gasteiger partial charge >= 0.3 is 0 Å². The van der Waals surface area contributed by atoms with Gasteiger partial charge in [0, 0.05) is 24.2 Å². The van der Waals surface area contributed by atoms with Gasteiger partial charge in [-0.25, -0.2) is 0 Å². The van der Waals surface area contributed by atoms with E-state index in [1.165, 1.54) is 36.9 Å². The number of benzene rings is 1. The Morgan fingerprint density at radius 1 is 1.12 bits per heavy atom. The fraction of sp³-hybridized carbons (Fsp3) is 0.500. The first-order valence-electron chi connectivity index (χ1n) is 9.48. The Morgan fingerprint density at radius 2 is 1.96 bits per heavy atom. The van der Waals surface area contributed by atoms with Gasteiger partial charge in [-0.05, 0) is 37.2 Å². The first-order valence-corrected chi connectivity index (χ1v) is 9.48. The quantitative estimate of drug-likeness (QED) is 0.763. The zero-order chi connectivity index (χ0) is 16.6. The molecule has 1 fully saturated rings. The van der Waals surface area contributed by atoms with Crippen molar-refractivity contribution in [2.45, 2.75) is 64.0 Å². The molecule has 0 saturated heterocycles. The molecule has 0 unspecified atom stereocenters. The normalized spacial score (nSPS) is 30.0. The summed E-state index contributed by atoms with van der Waals surface area (Å²) >= 11 is 0. The summed E-state index contributed by atoms with van der Waals surface area (Å²) in [4.78, 5) is 15.1. The number of allylic oxidation sites excluding steroid dienone is 3. The number of hydrogen-bond donors (Lipinski definition) is 0. The van der Waals surface area contributed by atoms with Gasteiger partial charge in [-0.15, -0.1) is 0 Å². The molecule has 3 aliphatic rings. The molecule has 4 rings (SSSR count). The summed E-state index contributed by atoms with van der Waals surface area (Å²) < 4.78 is 0. The molecule has 0 amide bonds. The highest BCUT2D eigenvalue weighted by molar-refractivity contribution is 5.99. The zero-order valence-corrected chi connectivity index (χ0v) is 14.6. The minimum absolute atomic E-state index is 0.102. The molecule has 0 aromatic heterocycles. The molecule has 1 heterocycles. The van der Waals surface area contributed by atoms with E-state index in [0.29, 0.717) is 18.1 Å². The van der Waals surface area contributed by atoms with Crippen LogP contribution in [0.25, 0.3) is 0 Å². The Bertz CT molecular complexity index is 687. The van der Waals surface area contributed by atoms with Crippen LogP contribution in [-0.2, 0) is 11.3 Å². The first kappa shape index (κ1) is 15.7. The van der Waals surface area contributed by atoms with E-state index < -0.39 is 0 Å². The molecule has 2 aliphatic carbocycles. The third kappa shape index (κ3) is 2.53. The molecule has 0 N–H and O–H groups in total. The number of carbonyl (C=O) groups is 1. The molecule has 1 aromatic carbocycles. The Hall–Kier alpha value is -1.83. The Balaban J connectivity index is 1.77. The summed E-state index contributed by atoms with van der Waals surface area (Å²) in [6.07, 6.45) is 12.4. The lowest BCUT2D eigenvalue weighted by Crippen LogP contribution is -2.54. The van der Waals surface area contributed by atoms with Crippen LogP contribution in [0.15, 0.2) is 53.8 Å². The van der Waals surface area contributed by atoms with Crippen molar-refractivity contribution in [3.05, 3.63) is 59.3 Å². The highest BCUT2D eigenvalue weighted by atomic mass is 16.1. The number of ketones is 1. The molecular formula is C22H27NO. The molecule has 24 heavy (non-hydrogen) atoms. The van der Waals surface area contributed by atoms with Crippen molar-refractivity contribution in [1.29, 1.82) is 0 Å². The van der Waals surface area contributed by atoms with Crippen LogP contribution in [0.4, 0.5) is 0 Å². The third-order valence-electron chi connectivity index (χ3n) is 6.30. The van der Waals surface area contributed by atoms with Crippen LogP contribution in [0, 0.1) is 5.92 Å². The van der Waals surface area contributed by atoms with Crippen LogP contribution in [0.2, 0.25) is 0 Å². The number of carbonyl (C=O) groups excluding carboxylic acids is 1. The minimum atomic E-state index is 0.102. The van der Waals surface area contributed by atoms with Gasteiger partial charge in [0.2, 0.25) is 0 Å². The van der Waals surface area contributed by atoms with Crippen molar-refractivity contribution < 1.29 is 4.79 Å². The van der Waals surface area contributed by atoms with E-state index in [2.05, 4.69) is 54.3 Å². The van der Waals surface area contributed by atoms with E-state index in [1.54, 1.807) is 0 Å². The first-order chi connectivity index (χ1) is 11.7. The summed E-state index contributed by atoms with van der Waals surface area (Å²) in [5.74, 6) is 0.973. The highest BCUT2D eigenvalue weighted by Gasteiger charge is 2.45. The topological polar surface area (TPSA) is 20.3 Å². The highest BCUT2D eigenvalue weighted by Crippen LogP contribution is 2.47. The summed E-state index contributed by atoms with van der Waals surface area (Å²) in [6, 6.07) is 10.7. The van der Waals surface area contributed by atoms with Crippen LogP contribution in [0.1, 0.15) is 57.4 Å². The smallest absolute Gasteiger partial charge is 0.164 e. The maximum absolute atomic E-state index is 12.4. The molecular weight excluding hydrogens is 294 g/mol. The maximum Gasteiger partial charge on any atom is 0.164 e. The fourth-order valence-electron chi connectivity index (χ4n) is 4.90. The van der Waals surface area contributed by atoms with Crippen molar-refractivity contribution in [1.82, 2.24) is 4.90 Å². The lowest BCUT2D eigenvalue weighted by Gasteiger charge is -2.53. The van der Waals surface area contributed by atoms with E-state index in [-0.39, 0.29) is 5.54 Å². The van der Waals surface area contributed by atoms with Crippen LogP contribution in [-0.4, -0.2) is 16.2 Å². The van der Waals surface area contributed by atoms with Crippen LogP contribution in [0.5, 0.6) is 0 Å². The van der Waals surface area contributed by atoms with Gasteiger partial charge in [0.15, 0.2) is 5.78 Å². The van der Waals surface area contributed by atoms with Gasteiger partial charge in [0.05, 0.1) is 5.54 Å². The van der Waals surface area contributed by atoms with Crippen molar-refractivity contribution in [3.8, 4) is 0 Å². The van der Waals surface area contributed by atoms with Crippen LogP contribution < -0.4 is 0 Å². The van der Waals surface area contributed by atoms with E-state index in [4.69, 9.17) is 0 Å². The lowest BCUT2D eigenvalue weighted by atomic mass is 9.69. The average Bonchev–Trinajstić information content (AvgIpc) is 2.61. The minimum Gasteiger partial charge on any atom is -0.360 e. The van der Waals surface area contributed by atoms with Gasteiger partial charge in [0.25, 0.3) is 0 Å².